The van der Waals surface area contributed by atoms with E-state index in [2.05, 4.69) is 16.4 Å². The first-order valence-electron chi connectivity index (χ1n) is 9.31. The Morgan fingerprint density at radius 2 is 1.94 bits per heavy atom. The summed E-state index contributed by atoms with van der Waals surface area (Å²) in [5, 5.41) is 11.4. The van der Waals surface area contributed by atoms with Crippen molar-refractivity contribution in [2.75, 3.05) is 12.4 Å². The normalized spacial score (nSPS) is 10.6. The maximum absolute atomic E-state index is 14.8. The van der Waals surface area contributed by atoms with E-state index in [-0.39, 0.29) is 34.3 Å². The molecule has 0 saturated carbocycles. The fraction of sp³-hybridized carbons (Fsp3) is 0.174. The molecule has 0 atom stereocenters. The number of nitrogens with zero attached hydrogens (tertiary/aromatic N) is 2. The number of aromatic nitrogens is 1. The summed E-state index contributed by atoms with van der Waals surface area (Å²) in [5.74, 6) is -1.55. The second-order valence-corrected chi connectivity index (χ2v) is 7.35. The van der Waals surface area contributed by atoms with Gasteiger partial charge < -0.3 is 10.1 Å². The Morgan fingerprint density at radius 3 is 2.55 bits per heavy atom. The second-order valence-electron chi connectivity index (χ2n) is 7.00. The van der Waals surface area contributed by atoms with Crippen molar-refractivity contribution in [3.8, 4) is 23.1 Å². The van der Waals surface area contributed by atoms with Crippen LogP contribution in [0.2, 0.25) is 0 Å². The molecule has 3 aromatic rings. The molecule has 0 aliphatic heterocycles. The molecule has 0 spiro atoms. The van der Waals surface area contributed by atoms with Gasteiger partial charge in [-0.15, -0.1) is 0 Å². The zero-order chi connectivity index (χ0) is 22.7. The monoisotopic (exact) mass is 441 g/mol. The summed E-state index contributed by atoms with van der Waals surface area (Å²) in [7, 11) is 1.32. The molecule has 0 saturated heterocycles. The number of halogens is 3. The lowest BCUT2D eigenvalue weighted by atomic mass is 10.00. The second kappa shape index (κ2) is 9.11. The Labute approximate surface area is 183 Å². The largest absolute Gasteiger partial charge is 0.496 e. The number of methoxy groups -OCH3 is 1. The molecule has 0 radical (unpaired) electrons. The Balaban J connectivity index is 2.19. The van der Waals surface area contributed by atoms with Gasteiger partial charge in [0.2, 0.25) is 0 Å². The number of carbonyl (C=O) groups is 1. The van der Waals surface area contributed by atoms with E-state index in [0.717, 1.165) is 17.7 Å². The lowest BCUT2D eigenvalue weighted by molar-refractivity contribution is 0.108. The van der Waals surface area contributed by atoms with Crippen LogP contribution in [0.25, 0.3) is 11.3 Å². The molecule has 1 N–H and O–H groups in total. The summed E-state index contributed by atoms with van der Waals surface area (Å²) in [6.07, 6.45) is 0. The van der Waals surface area contributed by atoms with Crippen LogP contribution in [0.3, 0.4) is 0 Å². The van der Waals surface area contributed by atoms with Gasteiger partial charge >= 0.3 is 0 Å². The number of benzene rings is 2. The van der Waals surface area contributed by atoms with Gasteiger partial charge in [0.15, 0.2) is 5.82 Å². The molecule has 2 aromatic carbocycles. The van der Waals surface area contributed by atoms with Crippen LogP contribution < -0.4 is 10.1 Å². The summed E-state index contributed by atoms with van der Waals surface area (Å²) in [6.45, 7) is 3.98. The number of rotatable bonds is 6. The van der Waals surface area contributed by atoms with E-state index in [9.17, 15) is 18.8 Å². The molecular weight excluding hydrogens is 424 g/mol. The molecule has 1 heterocycles. The third-order valence-electron chi connectivity index (χ3n) is 4.70. The maximum Gasteiger partial charge on any atom is 0.256 e. The van der Waals surface area contributed by atoms with Crippen LogP contribution in [0.15, 0.2) is 42.5 Å². The van der Waals surface area contributed by atoms with E-state index in [0.29, 0.717) is 11.3 Å². The number of hydrogen-bond acceptors (Lipinski definition) is 5. The van der Waals surface area contributed by atoms with Crippen molar-refractivity contribution < 1.29 is 18.3 Å². The van der Waals surface area contributed by atoms with Crippen molar-refractivity contribution >= 4 is 28.3 Å². The Kier molecular flexibility index (Phi) is 6.52. The summed E-state index contributed by atoms with van der Waals surface area (Å²) in [5.41, 5.74) is 0.771. The van der Waals surface area contributed by atoms with Crippen LogP contribution in [0.5, 0.6) is 5.75 Å². The smallest absolute Gasteiger partial charge is 0.256 e. The molecule has 0 aliphatic rings. The molecule has 5 nitrogen and oxygen atoms in total. The number of pyridine rings is 1. The van der Waals surface area contributed by atoms with Crippen LogP contribution in [-0.2, 0) is 0 Å². The number of nitriles is 1. The van der Waals surface area contributed by atoms with Crippen LogP contribution in [-0.4, -0.2) is 17.3 Å². The molecule has 1 aromatic heterocycles. The minimum absolute atomic E-state index is 0.0706. The zero-order valence-electron chi connectivity index (χ0n) is 17.0. The standard InChI is InChI=1S/C23H18ClF2N3O2/c1-12(2)13-7-8-18(14(9-13)11-27)28-23-15(22(24)30)10-17(26)21(29-23)20-16(25)5-4-6-19(20)31-3/h4-10,12H,1-3H3,(H,28,29). The van der Waals surface area contributed by atoms with E-state index in [1.807, 2.05) is 19.9 Å². The first-order valence-corrected chi connectivity index (χ1v) is 9.69. The van der Waals surface area contributed by atoms with Gasteiger partial charge in [0.05, 0.1) is 29.5 Å². The van der Waals surface area contributed by atoms with E-state index in [1.54, 1.807) is 12.1 Å². The van der Waals surface area contributed by atoms with Crippen molar-refractivity contribution in [2.45, 2.75) is 19.8 Å². The molecule has 0 amide bonds. The summed E-state index contributed by atoms with van der Waals surface area (Å²) in [4.78, 5) is 16.0. The third kappa shape index (κ3) is 4.49. The topological polar surface area (TPSA) is 75.0 Å². The highest BCUT2D eigenvalue weighted by Gasteiger charge is 2.23. The predicted molar refractivity (Wildman–Crippen MR) is 115 cm³/mol. The third-order valence-corrected chi connectivity index (χ3v) is 4.91. The first kappa shape index (κ1) is 22.2. The molecule has 3 rings (SSSR count). The average molecular weight is 442 g/mol. The molecule has 0 aliphatic carbocycles. The van der Waals surface area contributed by atoms with Crippen LogP contribution in [0, 0.1) is 23.0 Å². The van der Waals surface area contributed by atoms with Crippen molar-refractivity contribution in [1.82, 2.24) is 4.98 Å². The van der Waals surface area contributed by atoms with Gasteiger partial charge in [-0.05, 0) is 53.4 Å². The van der Waals surface area contributed by atoms with Crippen molar-refractivity contribution in [1.29, 1.82) is 5.26 Å². The van der Waals surface area contributed by atoms with Gasteiger partial charge in [0, 0.05) is 0 Å². The van der Waals surface area contributed by atoms with Crippen LogP contribution in [0.4, 0.5) is 20.3 Å². The van der Waals surface area contributed by atoms with Crippen molar-refractivity contribution in [3.05, 3.63) is 70.8 Å². The van der Waals surface area contributed by atoms with Crippen molar-refractivity contribution in [3.63, 3.8) is 0 Å². The minimum Gasteiger partial charge on any atom is -0.496 e. The predicted octanol–water partition coefficient (Wildman–Crippen LogP) is 6.15. The highest BCUT2D eigenvalue weighted by molar-refractivity contribution is 6.68. The summed E-state index contributed by atoms with van der Waals surface area (Å²) < 4.78 is 34.5. The fourth-order valence-corrected chi connectivity index (χ4v) is 3.21. The molecule has 0 unspecified atom stereocenters. The summed E-state index contributed by atoms with van der Waals surface area (Å²) in [6, 6.07) is 12.2. The quantitative estimate of drug-likeness (QED) is 0.464. The first-order chi connectivity index (χ1) is 14.8. The number of nitrogens with one attached hydrogen (secondary N) is 1. The molecule has 0 fully saturated rings. The molecular formula is C23H18ClF2N3O2. The van der Waals surface area contributed by atoms with Gasteiger partial charge in [-0.25, -0.2) is 13.8 Å². The number of carbonyl (C=O) groups excluding carboxylic acids is 1. The Bertz CT molecular complexity index is 1210. The zero-order valence-corrected chi connectivity index (χ0v) is 17.7. The van der Waals surface area contributed by atoms with Gasteiger partial charge in [0.1, 0.15) is 29.1 Å². The Morgan fingerprint density at radius 1 is 1.19 bits per heavy atom. The molecule has 8 heteroatoms. The van der Waals surface area contributed by atoms with Gasteiger partial charge in [-0.1, -0.05) is 26.0 Å². The highest BCUT2D eigenvalue weighted by Crippen LogP contribution is 2.36. The van der Waals surface area contributed by atoms with Crippen molar-refractivity contribution in [2.24, 2.45) is 0 Å². The SMILES string of the molecule is COc1cccc(F)c1-c1nc(Nc2ccc(C(C)C)cc2C#N)c(C(=O)Cl)cc1F. The number of hydrogen-bond donors (Lipinski definition) is 1. The molecule has 31 heavy (non-hydrogen) atoms. The van der Waals surface area contributed by atoms with E-state index >= 15 is 0 Å². The summed E-state index contributed by atoms with van der Waals surface area (Å²) >= 11 is 5.63. The fourth-order valence-electron chi connectivity index (χ4n) is 3.06. The number of anilines is 2. The lowest BCUT2D eigenvalue weighted by Gasteiger charge is -2.15. The molecule has 0 bridgehead atoms. The van der Waals surface area contributed by atoms with Gasteiger partial charge in [-0.2, -0.15) is 5.26 Å². The van der Waals surface area contributed by atoms with Crippen LogP contribution >= 0.6 is 11.6 Å². The molecule has 158 valence electrons. The van der Waals surface area contributed by atoms with E-state index < -0.39 is 16.9 Å². The van der Waals surface area contributed by atoms with Gasteiger partial charge in [0.25, 0.3) is 5.24 Å². The number of ether oxygens (including phenoxy) is 1. The lowest BCUT2D eigenvalue weighted by Crippen LogP contribution is -2.07. The van der Waals surface area contributed by atoms with Gasteiger partial charge in [-0.3, -0.25) is 4.79 Å². The maximum atomic E-state index is 14.8. The van der Waals surface area contributed by atoms with Crippen LogP contribution in [0.1, 0.15) is 41.3 Å². The Hall–Kier alpha value is -3.50. The highest BCUT2D eigenvalue weighted by atomic mass is 35.5. The van der Waals surface area contributed by atoms with E-state index in [1.165, 1.54) is 19.2 Å². The van der Waals surface area contributed by atoms with E-state index in [4.69, 9.17) is 16.3 Å². The minimum atomic E-state index is -0.960. The average Bonchev–Trinajstić information content (AvgIpc) is 2.74.